The quantitative estimate of drug-likeness (QED) is 0.0274. The number of carbonyl (C=O) groups excluding carboxylic acids is 1. The Bertz CT molecular complexity index is 2080. The third kappa shape index (κ3) is 12.1. The average Bonchev–Trinajstić information content (AvgIpc) is 3.23. The summed E-state index contributed by atoms with van der Waals surface area (Å²) in [6.45, 7) is 5.70. The molecule has 2 unspecified atom stereocenters. The van der Waals surface area contributed by atoms with Gasteiger partial charge in [-0.15, -0.1) is 0 Å². The Morgan fingerprint density at radius 2 is 1.43 bits per heavy atom. The molecule has 306 valence electrons. The number of aliphatic hydroxyl groups excluding tert-OH is 1. The van der Waals surface area contributed by atoms with Gasteiger partial charge in [-0.05, 0) is 42.2 Å². The smallest absolute Gasteiger partial charge is 0.388 e. The van der Waals surface area contributed by atoms with E-state index in [1.165, 1.54) is 26.1 Å². The minimum atomic E-state index is -4.15. The van der Waals surface area contributed by atoms with Crippen LogP contribution in [0.4, 0.5) is 5.82 Å². The molecule has 0 saturated carbocycles. The van der Waals surface area contributed by atoms with Gasteiger partial charge in [-0.3, -0.25) is 18.4 Å². The van der Waals surface area contributed by atoms with E-state index in [1.807, 2.05) is 121 Å². The third-order valence-corrected chi connectivity index (χ3v) is 11.5. The van der Waals surface area contributed by atoms with E-state index in [0.717, 1.165) is 38.6 Å². The van der Waals surface area contributed by atoms with Crippen molar-refractivity contribution in [2.75, 3.05) is 31.3 Å². The lowest BCUT2D eigenvalue weighted by Crippen LogP contribution is -2.48. The molecular weight excluding hydrogens is 780 g/mol. The predicted molar refractivity (Wildman–Crippen MR) is 225 cm³/mol. The zero-order valence-corrected chi connectivity index (χ0v) is 34.1. The topological polar surface area (TPSA) is 184 Å². The number of nitrogens with two attached hydrogens (primary N) is 1. The van der Waals surface area contributed by atoms with Crippen LogP contribution in [0.25, 0.3) is 0 Å². The van der Waals surface area contributed by atoms with E-state index in [4.69, 9.17) is 24.3 Å². The minimum Gasteiger partial charge on any atom is -0.388 e. The van der Waals surface area contributed by atoms with Crippen LogP contribution in [0.1, 0.15) is 36.1 Å². The Balaban J connectivity index is 1.25. The molecule has 1 aromatic heterocycles. The summed E-state index contributed by atoms with van der Waals surface area (Å²) in [6, 6.07) is 39.9. The fourth-order valence-electron chi connectivity index (χ4n) is 5.90. The second-order valence-corrected chi connectivity index (χ2v) is 16.7. The van der Waals surface area contributed by atoms with Gasteiger partial charge >= 0.3 is 13.4 Å². The Labute approximate surface area is 342 Å². The highest BCUT2D eigenvalue weighted by Gasteiger charge is 2.39. The molecule has 0 bridgehead atoms. The highest BCUT2D eigenvalue weighted by atomic mass is 32.2. The van der Waals surface area contributed by atoms with Crippen molar-refractivity contribution in [3.8, 4) is 0 Å². The zero-order chi connectivity index (χ0) is 41.6. The molecule has 0 spiro atoms. The lowest BCUT2D eigenvalue weighted by molar-refractivity contribution is -0.150. The summed E-state index contributed by atoms with van der Waals surface area (Å²) in [7, 11) is -4.15. The van der Waals surface area contributed by atoms with Gasteiger partial charge in [0.05, 0.1) is 25.4 Å². The number of hydrogen-bond donors (Lipinski definition) is 4. The van der Waals surface area contributed by atoms with Gasteiger partial charge in [-0.25, -0.2) is 14.4 Å². The molecule has 0 aliphatic heterocycles. The van der Waals surface area contributed by atoms with Gasteiger partial charge in [0.15, 0.2) is 0 Å². The summed E-state index contributed by atoms with van der Waals surface area (Å²) < 4.78 is 39.4. The summed E-state index contributed by atoms with van der Waals surface area (Å²) in [5, 5.41) is 24.1. The van der Waals surface area contributed by atoms with E-state index in [9.17, 15) is 24.4 Å². The van der Waals surface area contributed by atoms with Crippen molar-refractivity contribution in [2.24, 2.45) is 0 Å². The first-order valence-electron chi connectivity index (χ1n) is 18.5. The summed E-state index contributed by atoms with van der Waals surface area (Å²) in [5.74, 6) is 0.104. The third-order valence-electron chi connectivity index (χ3n) is 9.00. The maximum Gasteiger partial charge on any atom is 0.405 e. The van der Waals surface area contributed by atoms with E-state index >= 15 is 0 Å². The molecule has 0 radical (unpaired) electrons. The predicted octanol–water partition coefficient (Wildman–Crippen LogP) is 6.06. The summed E-state index contributed by atoms with van der Waals surface area (Å²) in [4.78, 5) is 29.4. The molecule has 0 aliphatic carbocycles. The molecule has 5 aromatic rings. The van der Waals surface area contributed by atoms with Gasteiger partial charge in [0, 0.05) is 24.1 Å². The van der Waals surface area contributed by atoms with Crippen LogP contribution < -0.4 is 16.5 Å². The number of hydrogen-bond acceptors (Lipinski definition) is 12. The molecule has 0 saturated heterocycles. The summed E-state index contributed by atoms with van der Waals surface area (Å²) in [6.07, 6.45) is -1.47. The Kier molecular flexibility index (Phi) is 15.9. The summed E-state index contributed by atoms with van der Waals surface area (Å²) >= 11 is 0.926. The van der Waals surface area contributed by atoms with Crippen molar-refractivity contribution >= 4 is 30.4 Å². The van der Waals surface area contributed by atoms with Crippen molar-refractivity contribution in [3.63, 3.8) is 0 Å². The number of nitrogens with zero attached hydrogens (tertiary/aromatic N) is 2. The van der Waals surface area contributed by atoms with E-state index in [2.05, 4.69) is 16.7 Å². The Morgan fingerprint density at radius 1 is 0.897 bits per heavy atom. The van der Waals surface area contributed by atoms with Crippen LogP contribution in [0.15, 0.2) is 151 Å². The normalized spacial score (nSPS) is 14.0. The number of rotatable bonds is 22. The van der Waals surface area contributed by atoms with Crippen molar-refractivity contribution in [3.05, 3.63) is 178 Å². The summed E-state index contributed by atoms with van der Waals surface area (Å²) in [5.41, 5.74) is 5.82. The molecule has 3 atom stereocenters. The molecule has 15 heteroatoms. The number of nitrogens with one attached hydrogen (secondary N) is 1. The van der Waals surface area contributed by atoms with Crippen molar-refractivity contribution in [2.45, 2.75) is 50.5 Å². The lowest BCUT2D eigenvalue weighted by atomic mass is 9.80. The highest BCUT2D eigenvalue weighted by Crippen LogP contribution is 2.45. The van der Waals surface area contributed by atoms with Gasteiger partial charge in [0.25, 0.3) is 0 Å². The molecule has 4 aromatic carbocycles. The molecule has 13 nitrogen and oxygen atoms in total. The van der Waals surface area contributed by atoms with Crippen LogP contribution in [0.5, 0.6) is 0 Å². The number of ether oxygens (including phenoxy) is 2. The lowest BCUT2D eigenvalue weighted by Gasteiger charge is -2.36. The SMILES string of the molecule is C=C(COC(c1ccccc1)(c1ccccc1)c1ccccc1)C(=O)SCCOP(=O)(NCc1ccccc1)OCC(OCn1ccc(N)nc1=O)[C@@H](O)C(C)(C)O. The van der Waals surface area contributed by atoms with Crippen LogP contribution in [0.2, 0.25) is 0 Å². The molecular formula is C43H49N4O9PS. The molecule has 0 aliphatic rings. The number of aliphatic hydroxyl groups is 2. The second-order valence-electron chi connectivity index (χ2n) is 13.8. The standard InChI is InChI=1S/C43H49N4O9PS/c1-32(29-54-43(34-18-10-5-11-19-34,35-20-12-6-13-21-35)36-22-14-7-15-23-36)40(49)58-27-26-55-57(52,45-28-33-16-8-4-9-17-33)56-30-37(39(48)42(2,3)51)53-31-47-25-24-38(44)46-41(47)50/h4-25,37,39,48,51H,1,26-31H2,2-3H3,(H,45,52)(H2,44,46,50)/t37?,39-,57?/m1/s1. The number of nitrogen functional groups attached to an aromatic ring is 1. The van der Waals surface area contributed by atoms with Crippen molar-refractivity contribution < 1.29 is 38.1 Å². The molecule has 1 heterocycles. The van der Waals surface area contributed by atoms with Crippen LogP contribution in [-0.4, -0.2) is 68.3 Å². The minimum absolute atomic E-state index is 0.0222. The number of aromatic nitrogens is 2. The van der Waals surface area contributed by atoms with Crippen LogP contribution >= 0.6 is 19.5 Å². The van der Waals surface area contributed by atoms with Crippen LogP contribution in [0.3, 0.4) is 0 Å². The number of benzene rings is 4. The Hall–Kier alpha value is -4.73. The van der Waals surface area contributed by atoms with Gasteiger partial charge in [-0.1, -0.05) is 140 Å². The first-order valence-corrected chi connectivity index (χ1v) is 21.0. The Morgan fingerprint density at radius 3 is 1.95 bits per heavy atom. The second kappa shape index (κ2) is 20.8. The number of thioether (sulfide) groups is 1. The number of anilines is 1. The van der Waals surface area contributed by atoms with E-state index in [0.29, 0.717) is 0 Å². The molecule has 58 heavy (non-hydrogen) atoms. The molecule has 0 amide bonds. The van der Waals surface area contributed by atoms with Crippen molar-refractivity contribution in [1.82, 2.24) is 14.6 Å². The monoisotopic (exact) mass is 828 g/mol. The maximum absolute atomic E-state index is 14.2. The first kappa shape index (κ1) is 44.4. The van der Waals surface area contributed by atoms with Crippen LogP contribution in [-0.2, 0) is 46.8 Å². The van der Waals surface area contributed by atoms with E-state index in [1.54, 1.807) is 0 Å². The fraction of sp³-hybridized carbons (Fsp3) is 0.279. The fourth-order valence-corrected chi connectivity index (χ4v) is 7.95. The van der Waals surface area contributed by atoms with E-state index < -0.39 is 43.5 Å². The van der Waals surface area contributed by atoms with E-state index in [-0.39, 0.29) is 48.7 Å². The average molecular weight is 829 g/mol. The van der Waals surface area contributed by atoms with Gasteiger partial charge in [0.1, 0.15) is 30.4 Å². The van der Waals surface area contributed by atoms with Crippen LogP contribution in [0, 0.1) is 0 Å². The number of carbonyl (C=O) groups is 1. The highest BCUT2D eigenvalue weighted by molar-refractivity contribution is 8.14. The largest absolute Gasteiger partial charge is 0.405 e. The van der Waals surface area contributed by atoms with Gasteiger partial charge < -0.3 is 25.4 Å². The maximum atomic E-state index is 14.2. The van der Waals surface area contributed by atoms with Crippen molar-refractivity contribution in [1.29, 1.82) is 0 Å². The first-order chi connectivity index (χ1) is 27.8. The molecule has 5 rings (SSSR count). The molecule has 5 N–H and O–H groups in total. The van der Waals surface area contributed by atoms with Gasteiger partial charge in [0.2, 0.25) is 5.12 Å². The van der Waals surface area contributed by atoms with Gasteiger partial charge in [-0.2, -0.15) is 4.98 Å². The zero-order valence-electron chi connectivity index (χ0n) is 32.4. The molecule has 0 fully saturated rings.